The zero-order chi connectivity index (χ0) is 18.8. The molecule has 1 aromatic heterocycles. The largest absolute Gasteiger partial charge is 0.334 e. The molecule has 4 heteroatoms. The molecule has 1 aliphatic heterocycles. The van der Waals surface area contributed by atoms with Crippen LogP contribution < -0.4 is 0 Å². The van der Waals surface area contributed by atoms with E-state index in [1.807, 2.05) is 24.3 Å². The van der Waals surface area contributed by atoms with Gasteiger partial charge < -0.3 is 4.57 Å². The molecular weight excluding hydrogens is 342 g/mol. The average molecular weight is 362 g/mol. The predicted molar refractivity (Wildman–Crippen MR) is 103 cm³/mol. The highest BCUT2D eigenvalue weighted by molar-refractivity contribution is 5.60. The molecule has 0 fully saturated rings. The van der Waals surface area contributed by atoms with Crippen LogP contribution in [0.1, 0.15) is 47.3 Å². The Bertz CT molecular complexity index is 997. The fourth-order valence-corrected chi connectivity index (χ4v) is 3.42. The van der Waals surface area contributed by atoms with Gasteiger partial charge in [-0.15, -0.1) is 0 Å². The van der Waals surface area contributed by atoms with Crippen molar-refractivity contribution in [3.05, 3.63) is 76.7 Å². The summed E-state index contributed by atoms with van der Waals surface area (Å²) in [6.07, 6.45) is 3.15. The monoisotopic (exact) mass is 362 g/mol. The summed E-state index contributed by atoms with van der Waals surface area (Å²) in [5.74, 6) is 7.32. The molecule has 1 aliphatic rings. The Kier molecular flexibility index (Phi) is 4.77. The van der Waals surface area contributed by atoms with Crippen molar-refractivity contribution in [2.24, 2.45) is 0 Å². The number of halogens is 2. The summed E-state index contributed by atoms with van der Waals surface area (Å²) >= 11 is 0. The van der Waals surface area contributed by atoms with Crippen molar-refractivity contribution in [1.29, 1.82) is 0 Å². The van der Waals surface area contributed by atoms with Crippen molar-refractivity contribution in [1.82, 2.24) is 9.55 Å². The lowest BCUT2D eigenvalue weighted by Gasteiger charge is -2.11. The highest BCUT2D eigenvalue weighted by Crippen LogP contribution is 2.24. The minimum absolute atomic E-state index is 0.0627. The lowest BCUT2D eigenvalue weighted by Crippen LogP contribution is -2.08. The van der Waals surface area contributed by atoms with E-state index in [9.17, 15) is 8.78 Å². The third-order valence-electron chi connectivity index (χ3n) is 4.95. The van der Waals surface area contributed by atoms with Gasteiger partial charge in [0.2, 0.25) is 0 Å². The maximum absolute atomic E-state index is 12.8. The van der Waals surface area contributed by atoms with Gasteiger partial charge in [0.15, 0.2) is 0 Å². The molecule has 0 saturated carbocycles. The number of hydrogen-bond acceptors (Lipinski definition) is 1. The molecule has 3 aromatic rings. The second kappa shape index (κ2) is 7.36. The van der Waals surface area contributed by atoms with E-state index in [1.165, 1.54) is 24.7 Å². The van der Waals surface area contributed by atoms with E-state index < -0.39 is 6.43 Å². The van der Waals surface area contributed by atoms with Crippen LogP contribution in [0.5, 0.6) is 0 Å². The van der Waals surface area contributed by atoms with Crippen molar-refractivity contribution >= 4 is 0 Å². The molecule has 0 amide bonds. The van der Waals surface area contributed by atoms with Crippen molar-refractivity contribution in [2.75, 3.05) is 0 Å². The van der Waals surface area contributed by atoms with Gasteiger partial charge in [-0.2, -0.15) is 0 Å². The molecule has 0 N–H and O–H groups in total. The molecule has 0 atom stereocenters. The van der Waals surface area contributed by atoms with Crippen LogP contribution >= 0.6 is 0 Å². The zero-order valence-electron chi connectivity index (χ0n) is 15.2. The number of imidazole rings is 1. The molecule has 27 heavy (non-hydrogen) atoms. The molecule has 0 saturated heterocycles. The molecule has 4 rings (SSSR count). The summed E-state index contributed by atoms with van der Waals surface area (Å²) in [5, 5.41) is 0. The van der Waals surface area contributed by atoms with Crippen LogP contribution in [0.2, 0.25) is 0 Å². The van der Waals surface area contributed by atoms with E-state index in [0.29, 0.717) is 5.56 Å². The van der Waals surface area contributed by atoms with Crippen LogP contribution in [0.15, 0.2) is 48.7 Å². The minimum Gasteiger partial charge on any atom is -0.334 e. The van der Waals surface area contributed by atoms with Crippen LogP contribution in [-0.4, -0.2) is 9.55 Å². The van der Waals surface area contributed by atoms with Gasteiger partial charge in [0, 0.05) is 41.4 Å². The van der Waals surface area contributed by atoms with Gasteiger partial charge in [0.25, 0.3) is 6.43 Å². The number of rotatable bonds is 2. The van der Waals surface area contributed by atoms with Crippen LogP contribution in [-0.2, 0) is 13.0 Å². The fraction of sp³-hybridized carbons (Fsp3) is 0.261. The lowest BCUT2D eigenvalue weighted by molar-refractivity contribution is 0.150. The van der Waals surface area contributed by atoms with Gasteiger partial charge >= 0.3 is 0 Å². The number of aromatic nitrogens is 2. The van der Waals surface area contributed by atoms with Crippen LogP contribution in [0.3, 0.4) is 0 Å². The number of benzene rings is 2. The highest BCUT2D eigenvalue weighted by Gasteiger charge is 2.13. The smallest absolute Gasteiger partial charge is 0.264 e. The molecular formula is C23H20F2N2. The summed E-state index contributed by atoms with van der Waals surface area (Å²) in [7, 11) is 0. The lowest BCUT2D eigenvalue weighted by atomic mass is 10.0. The SMILES string of the molecule is Cc1cc(C#Cc2ccc(-c3cn4c(n3)CCCC4)cc2)ccc1C(F)F. The topological polar surface area (TPSA) is 17.8 Å². The van der Waals surface area contributed by atoms with E-state index in [4.69, 9.17) is 4.98 Å². The first-order valence-electron chi connectivity index (χ1n) is 9.17. The normalized spacial score (nSPS) is 13.2. The average Bonchev–Trinajstić information content (AvgIpc) is 3.11. The quantitative estimate of drug-likeness (QED) is 0.548. The molecule has 0 unspecified atom stereocenters. The Labute approximate surface area is 157 Å². The Morgan fingerprint density at radius 2 is 1.74 bits per heavy atom. The van der Waals surface area contributed by atoms with Gasteiger partial charge in [0.05, 0.1) is 5.69 Å². The number of hydrogen-bond donors (Lipinski definition) is 0. The highest BCUT2D eigenvalue weighted by atomic mass is 19.3. The maximum Gasteiger partial charge on any atom is 0.264 e. The fourth-order valence-electron chi connectivity index (χ4n) is 3.42. The molecule has 0 bridgehead atoms. The molecule has 2 aromatic carbocycles. The summed E-state index contributed by atoms with van der Waals surface area (Å²) < 4.78 is 27.9. The summed E-state index contributed by atoms with van der Waals surface area (Å²) in [6.45, 7) is 2.74. The Morgan fingerprint density at radius 3 is 2.44 bits per heavy atom. The molecule has 2 heterocycles. The van der Waals surface area contributed by atoms with Crippen molar-refractivity contribution in [2.45, 2.75) is 39.2 Å². The van der Waals surface area contributed by atoms with E-state index in [-0.39, 0.29) is 5.56 Å². The molecule has 0 aliphatic carbocycles. The molecule has 0 spiro atoms. The first-order valence-corrected chi connectivity index (χ1v) is 9.17. The summed E-state index contributed by atoms with van der Waals surface area (Å²) in [4.78, 5) is 4.74. The Morgan fingerprint density at radius 1 is 1.00 bits per heavy atom. The summed E-state index contributed by atoms with van der Waals surface area (Å²) in [5.41, 5.74) is 4.34. The number of aryl methyl sites for hydroxylation is 3. The van der Waals surface area contributed by atoms with Gasteiger partial charge in [-0.05, 0) is 49.6 Å². The van der Waals surface area contributed by atoms with Crippen molar-refractivity contribution < 1.29 is 8.78 Å². The molecule has 0 radical (unpaired) electrons. The number of fused-ring (bicyclic) bond motifs is 1. The van der Waals surface area contributed by atoms with Crippen molar-refractivity contribution in [3.8, 4) is 23.1 Å². The van der Waals surface area contributed by atoms with E-state index >= 15 is 0 Å². The zero-order valence-corrected chi connectivity index (χ0v) is 15.2. The standard InChI is InChI=1S/C23H20F2N2/c1-16-14-18(9-12-20(16)23(24)25)6-5-17-7-10-19(11-8-17)21-15-27-13-3-2-4-22(27)26-21/h7-12,14-15,23H,2-4,13H2,1H3. The second-order valence-corrected chi connectivity index (χ2v) is 6.89. The first-order chi connectivity index (χ1) is 13.1. The molecule has 136 valence electrons. The van der Waals surface area contributed by atoms with E-state index in [0.717, 1.165) is 35.3 Å². The molecule has 2 nitrogen and oxygen atoms in total. The van der Waals surface area contributed by atoms with E-state index in [1.54, 1.807) is 19.1 Å². The van der Waals surface area contributed by atoms with Crippen molar-refractivity contribution in [3.63, 3.8) is 0 Å². The number of alkyl halides is 2. The Balaban J connectivity index is 1.53. The third kappa shape index (κ3) is 3.78. The Hall–Kier alpha value is -2.93. The number of nitrogens with zero attached hydrogens (tertiary/aromatic N) is 2. The maximum atomic E-state index is 12.8. The minimum atomic E-state index is -2.45. The van der Waals surface area contributed by atoms with E-state index in [2.05, 4.69) is 22.6 Å². The van der Waals surface area contributed by atoms with Gasteiger partial charge in [-0.1, -0.05) is 30.0 Å². The summed E-state index contributed by atoms with van der Waals surface area (Å²) in [6, 6.07) is 12.8. The van der Waals surface area contributed by atoms with Gasteiger partial charge in [-0.3, -0.25) is 0 Å². The third-order valence-corrected chi connectivity index (χ3v) is 4.95. The first kappa shape index (κ1) is 17.5. The van der Waals surface area contributed by atoms with Gasteiger partial charge in [-0.25, -0.2) is 13.8 Å². The predicted octanol–water partition coefficient (Wildman–Crippen LogP) is 5.53. The van der Waals surface area contributed by atoms with Crippen LogP contribution in [0, 0.1) is 18.8 Å². The van der Waals surface area contributed by atoms with Gasteiger partial charge in [0.1, 0.15) is 5.82 Å². The van der Waals surface area contributed by atoms with Crippen LogP contribution in [0.25, 0.3) is 11.3 Å². The van der Waals surface area contributed by atoms with Crippen LogP contribution in [0.4, 0.5) is 8.78 Å². The second-order valence-electron chi connectivity index (χ2n) is 6.89.